The van der Waals surface area contributed by atoms with Gasteiger partial charge in [0.25, 0.3) is 0 Å². The van der Waals surface area contributed by atoms with Gasteiger partial charge in [0, 0.05) is 19.3 Å². The fourth-order valence-corrected chi connectivity index (χ4v) is 2.47. The minimum atomic E-state index is -3.60. The molecule has 0 amide bonds. The molecule has 18 heavy (non-hydrogen) atoms. The monoisotopic (exact) mass is 271 g/mol. The first-order valence-electron chi connectivity index (χ1n) is 5.22. The number of aryl methyl sites for hydroxylation is 1. The maximum Gasteiger partial charge on any atom is 0.245 e. The van der Waals surface area contributed by atoms with Gasteiger partial charge in [-0.2, -0.15) is 5.10 Å². The van der Waals surface area contributed by atoms with Crippen LogP contribution in [0, 0.1) is 0 Å². The van der Waals surface area contributed by atoms with E-state index in [0.717, 1.165) is 0 Å². The number of rotatable bonds is 6. The van der Waals surface area contributed by atoms with Crippen LogP contribution in [0.2, 0.25) is 0 Å². The lowest BCUT2D eigenvalue weighted by molar-refractivity contribution is 0.542. The first-order chi connectivity index (χ1) is 8.59. The molecule has 0 saturated heterocycles. The van der Waals surface area contributed by atoms with Crippen molar-refractivity contribution >= 4 is 15.8 Å². The number of aromatic nitrogens is 5. The van der Waals surface area contributed by atoms with Crippen LogP contribution in [0.25, 0.3) is 0 Å². The molecule has 2 aromatic rings. The van der Waals surface area contributed by atoms with Crippen LogP contribution in [0.4, 0.5) is 5.82 Å². The van der Waals surface area contributed by atoms with Crippen molar-refractivity contribution in [3.63, 3.8) is 0 Å². The summed E-state index contributed by atoms with van der Waals surface area (Å²) in [5, 5.41) is 13.4. The fraction of sp³-hybridized carbons (Fsp3) is 0.375. The molecule has 0 aliphatic rings. The number of anilines is 1. The lowest BCUT2D eigenvalue weighted by Gasteiger charge is -2.05. The van der Waals surface area contributed by atoms with Gasteiger partial charge in [-0.1, -0.05) is 5.21 Å². The van der Waals surface area contributed by atoms with Crippen LogP contribution in [0.3, 0.4) is 0 Å². The minimum absolute atomic E-state index is 0.0266. The van der Waals surface area contributed by atoms with Crippen molar-refractivity contribution in [2.24, 2.45) is 0 Å². The van der Waals surface area contributed by atoms with Crippen molar-refractivity contribution in [3.8, 4) is 0 Å². The molecular formula is C8H13N7O2S. The number of H-pyrrole nitrogens is 1. The molecule has 98 valence electrons. The molecule has 0 fully saturated rings. The van der Waals surface area contributed by atoms with E-state index in [4.69, 9.17) is 5.73 Å². The normalized spacial score (nSPS) is 11.8. The van der Waals surface area contributed by atoms with Gasteiger partial charge < -0.3 is 5.73 Å². The van der Waals surface area contributed by atoms with Gasteiger partial charge in [0.15, 0.2) is 0 Å². The Balaban J connectivity index is 1.85. The van der Waals surface area contributed by atoms with Crippen LogP contribution in [0.1, 0.15) is 6.42 Å². The largest absolute Gasteiger partial charge is 0.383 e. The van der Waals surface area contributed by atoms with E-state index < -0.39 is 10.0 Å². The Kier molecular flexibility index (Phi) is 3.58. The van der Waals surface area contributed by atoms with E-state index in [1.165, 1.54) is 6.20 Å². The number of hydrogen-bond donors (Lipinski definition) is 3. The summed E-state index contributed by atoms with van der Waals surface area (Å²) in [4.78, 5) is -0.0387. The number of nitrogens with two attached hydrogens (primary N) is 1. The number of nitrogen functional groups attached to an aromatic ring is 1. The number of aromatic amines is 1. The second kappa shape index (κ2) is 5.14. The van der Waals surface area contributed by atoms with E-state index in [0.29, 0.717) is 13.0 Å². The summed E-state index contributed by atoms with van der Waals surface area (Å²) in [7, 11) is -3.60. The third-order valence-corrected chi connectivity index (χ3v) is 3.74. The van der Waals surface area contributed by atoms with Crippen LogP contribution in [-0.2, 0) is 16.6 Å². The van der Waals surface area contributed by atoms with Crippen LogP contribution in [0.15, 0.2) is 23.5 Å². The highest BCUT2D eigenvalue weighted by Gasteiger charge is 2.18. The van der Waals surface area contributed by atoms with Gasteiger partial charge in [-0.05, 0) is 6.42 Å². The summed E-state index contributed by atoms with van der Waals surface area (Å²) in [6, 6.07) is 0. The molecule has 0 atom stereocenters. The van der Waals surface area contributed by atoms with E-state index in [1.807, 2.05) is 0 Å². The second-order valence-corrected chi connectivity index (χ2v) is 5.30. The number of sulfonamides is 1. The molecule has 4 N–H and O–H groups in total. The molecular weight excluding hydrogens is 258 g/mol. The Labute approximate surface area is 103 Å². The topological polar surface area (TPSA) is 132 Å². The summed E-state index contributed by atoms with van der Waals surface area (Å²) < 4.78 is 27.6. The summed E-state index contributed by atoms with van der Waals surface area (Å²) in [5.41, 5.74) is 5.45. The van der Waals surface area contributed by atoms with Gasteiger partial charge in [0.2, 0.25) is 10.0 Å². The first-order valence-corrected chi connectivity index (χ1v) is 6.70. The van der Waals surface area contributed by atoms with Gasteiger partial charge in [-0.15, -0.1) is 5.10 Å². The van der Waals surface area contributed by atoms with Crippen molar-refractivity contribution in [3.05, 3.63) is 18.6 Å². The SMILES string of the molecule is Nc1[nH]ncc1S(=O)(=O)NCCCn1ccnn1. The molecule has 0 saturated carbocycles. The molecule has 0 aliphatic carbocycles. The van der Waals surface area contributed by atoms with Crippen molar-refractivity contribution in [1.82, 2.24) is 29.9 Å². The molecule has 9 nitrogen and oxygen atoms in total. The Morgan fingerprint density at radius 3 is 2.94 bits per heavy atom. The van der Waals surface area contributed by atoms with Gasteiger partial charge in [-0.3, -0.25) is 9.78 Å². The van der Waals surface area contributed by atoms with Gasteiger partial charge in [0.05, 0.1) is 12.4 Å². The highest BCUT2D eigenvalue weighted by molar-refractivity contribution is 7.89. The van der Waals surface area contributed by atoms with Gasteiger partial charge in [0.1, 0.15) is 10.7 Å². The Morgan fingerprint density at radius 2 is 2.33 bits per heavy atom. The summed E-state index contributed by atoms with van der Waals surface area (Å²) in [6.07, 6.45) is 5.05. The molecule has 0 aliphatic heterocycles. The summed E-state index contributed by atoms with van der Waals surface area (Å²) in [6.45, 7) is 0.871. The van der Waals surface area contributed by atoms with Gasteiger partial charge >= 0.3 is 0 Å². The van der Waals surface area contributed by atoms with E-state index in [1.54, 1.807) is 17.1 Å². The third kappa shape index (κ3) is 2.84. The fourth-order valence-electron chi connectivity index (χ4n) is 1.38. The predicted molar refractivity (Wildman–Crippen MR) is 62.8 cm³/mol. The Morgan fingerprint density at radius 1 is 1.50 bits per heavy atom. The lowest BCUT2D eigenvalue weighted by atomic mass is 10.4. The third-order valence-electron chi connectivity index (χ3n) is 2.25. The average molecular weight is 271 g/mol. The highest BCUT2D eigenvalue weighted by atomic mass is 32.2. The van der Waals surface area contributed by atoms with Crippen LogP contribution < -0.4 is 10.5 Å². The lowest BCUT2D eigenvalue weighted by Crippen LogP contribution is -2.26. The summed E-state index contributed by atoms with van der Waals surface area (Å²) in [5.74, 6) is 0.0266. The quantitative estimate of drug-likeness (QED) is 0.574. The van der Waals surface area contributed by atoms with Gasteiger partial charge in [-0.25, -0.2) is 13.1 Å². The van der Waals surface area contributed by atoms with Crippen molar-refractivity contribution in [1.29, 1.82) is 0 Å². The molecule has 2 aromatic heterocycles. The smallest absolute Gasteiger partial charge is 0.245 e. The zero-order valence-corrected chi connectivity index (χ0v) is 10.3. The van der Waals surface area contributed by atoms with Crippen molar-refractivity contribution in [2.45, 2.75) is 17.9 Å². The van der Waals surface area contributed by atoms with Crippen LogP contribution in [-0.4, -0.2) is 40.2 Å². The van der Waals surface area contributed by atoms with E-state index in [-0.39, 0.29) is 17.3 Å². The van der Waals surface area contributed by atoms with E-state index >= 15 is 0 Å². The minimum Gasteiger partial charge on any atom is -0.383 e. The molecule has 0 aromatic carbocycles. The Hall–Kier alpha value is -1.94. The second-order valence-electron chi connectivity index (χ2n) is 3.57. The van der Waals surface area contributed by atoms with Crippen LogP contribution >= 0.6 is 0 Å². The molecule has 0 unspecified atom stereocenters. The number of nitrogens with one attached hydrogen (secondary N) is 2. The molecule has 0 spiro atoms. The van der Waals surface area contributed by atoms with Crippen molar-refractivity contribution < 1.29 is 8.42 Å². The molecule has 0 radical (unpaired) electrons. The summed E-state index contributed by atoms with van der Waals surface area (Å²) >= 11 is 0. The maximum absolute atomic E-state index is 11.8. The van der Waals surface area contributed by atoms with E-state index in [9.17, 15) is 8.42 Å². The molecule has 10 heteroatoms. The average Bonchev–Trinajstić information content (AvgIpc) is 2.95. The molecule has 2 rings (SSSR count). The zero-order chi connectivity index (χ0) is 13.0. The maximum atomic E-state index is 11.8. The Bertz CT molecular complexity index is 589. The molecule has 2 heterocycles. The van der Waals surface area contributed by atoms with Crippen LogP contribution in [0.5, 0.6) is 0 Å². The first kappa shape index (κ1) is 12.5. The molecule has 0 bridgehead atoms. The standard InChI is InChI=1S/C8H13N7O2S/c9-8-7(6-11-13-8)18(16,17)12-2-1-4-15-5-3-10-14-15/h3,5-6,12H,1-2,4H2,(H3,9,11,13). The predicted octanol–water partition coefficient (Wildman–Crippen LogP) is -1.05. The number of nitrogens with zero attached hydrogens (tertiary/aromatic N) is 4. The highest BCUT2D eigenvalue weighted by Crippen LogP contribution is 2.13. The zero-order valence-electron chi connectivity index (χ0n) is 9.44. The van der Waals surface area contributed by atoms with E-state index in [2.05, 4.69) is 25.2 Å². The number of hydrogen-bond acceptors (Lipinski definition) is 6. The van der Waals surface area contributed by atoms with Crippen molar-refractivity contribution in [2.75, 3.05) is 12.3 Å².